The normalized spacial score (nSPS) is 13.4. The third kappa shape index (κ3) is 8.86. The summed E-state index contributed by atoms with van der Waals surface area (Å²) in [7, 11) is 0. The van der Waals surface area contributed by atoms with Gasteiger partial charge in [-0.25, -0.2) is 0 Å². The summed E-state index contributed by atoms with van der Waals surface area (Å²) in [5.74, 6) is 0. The van der Waals surface area contributed by atoms with Gasteiger partial charge in [-0.05, 0) is 49.7 Å². The maximum Gasteiger partial charge on any atom is 0.152 e. The lowest BCUT2D eigenvalue weighted by molar-refractivity contribution is 0.0437. The van der Waals surface area contributed by atoms with E-state index < -0.39 is 5.72 Å². The van der Waals surface area contributed by atoms with Crippen LogP contribution in [0.1, 0.15) is 36.9 Å². The Morgan fingerprint density at radius 3 is 2.50 bits per heavy atom. The van der Waals surface area contributed by atoms with Gasteiger partial charge < -0.3 is 15.2 Å². The number of nitrogens with two attached hydrogens (primary N) is 1. The second-order valence-corrected chi connectivity index (χ2v) is 7.73. The van der Waals surface area contributed by atoms with Crippen LogP contribution in [0.4, 0.5) is 0 Å². The third-order valence-electron chi connectivity index (χ3n) is 4.38. The number of unbranched alkanes of at least 4 members (excludes halogenated alkanes) is 3. The van der Waals surface area contributed by atoms with E-state index in [9.17, 15) is 5.11 Å². The van der Waals surface area contributed by atoms with Gasteiger partial charge in [0.15, 0.2) is 5.72 Å². The van der Waals surface area contributed by atoms with E-state index in [1.54, 1.807) is 24.4 Å². The van der Waals surface area contributed by atoms with Gasteiger partial charge in [0, 0.05) is 47.1 Å². The first-order valence-corrected chi connectivity index (χ1v) is 10.4. The number of nitrogens with zero attached hydrogens (tertiary/aromatic N) is 1. The Kier molecular flexibility index (Phi) is 10.2. The molecule has 0 spiro atoms. The van der Waals surface area contributed by atoms with Gasteiger partial charge in [-0.3, -0.25) is 10.7 Å². The number of aliphatic hydroxyl groups is 1. The van der Waals surface area contributed by atoms with Gasteiger partial charge in [0.1, 0.15) is 0 Å². The maximum absolute atomic E-state index is 10.4. The van der Waals surface area contributed by atoms with E-state index >= 15 is 0 Å². The molecule has 0 saturated heterocycles. The number of hydrogen-bond acceptors (Lipinski definition) is 5. The number of hydrogen-bond donors (Lipinski definition) is 3. The van der Waals surface area contributed by atoms with Crippen LogP contribution in [0.15, 0.2) is 42.6 Å². The van der Waals surface area contributed by atoms with Gasteiger partial charge in [-0.2, -0.15) is 0 Å². The van der Waals surface area contributed by atoms with Crippen molar-refractivity contribution in [2.24, 2.45) is 5.73 Å². The molecular weight excluding hydrogens is 397 g/mol. The zero-order valence-corrected chi connectivity index (χ0v) is 17.6. The van der Waals surface area contributed by atoms with Crippen LogP contribution in [0.25, 0.3) is 0 Å². The quantitative estimate of drug-likeness (QED) is 0.334. The Labute approximate surface area is 177 Å². The molecule has 154 valence electrons. The van der Waals surface area contributed by atoms with Gasteiger partial charge in [-0.1, -0.05) is 42.1 Å². The summed E-state index contributed by atoms with van der Waals surface area (Å²) in [5.41, 5.74) is 6.04. The molecule has 28 heavy (non-hydrogen) atoms. The predicted molar refractivity (Wildman–Crippen MR) is 115 cm³/mol. The molecular formula is C21H29Cl2N3O2. The maximum atomic E-state index is 10.4. The zero-order chi connectivity index (χ0) is 20.2. The number of aromatic nitrogens is 1. The van der Waals surface area contributed by atoms with Crippen LogP contribution < -0.4 is 11.1 Å². The van der Waals surface area contributed by atoms with Gasteiger partial charge in [0.25, 0.3) is 0 Å². The van der Waals surface area contributed by atoms with Crippen LogP contribution >= 0.6 is 23.2 Å². The van der Waals surface area contributed by atoms with E-state index in [0.29, 0.717) is 22.2 Å². The minimum absolute atomic E-state index is 0.236. The van der Waals surface area contributed by atoms with Crippen molar-refractivity contribution < 1.29 is 9.84 Å². The number of rotatable bonds is 13. The highest BCUT2D eigenvalue weighted by molar-refractivity contribution is 6.34. The average molecular weight is 426 g/mol. The molecule has 0 fully saturated rings. The smallest absolute Gasteiger partial charge is 0.152 e. The van der Waals surface area contributed by atoms with E-state index in [1.165, 1.54) is 0 Å². The molecule has 0 aliphatic carbocycles. The summed E-state index contributed by atoms with van der Waals surface area (Å²) in [6.07, 6.45) is 6.93. The molecule has 4 N–H and O–H groups in total. The molecule has 5 nitrogen and oxygen atoms in total. The molecule has 0 saturated carbocycles. The average Bonchev–Trinajstić information content (AvgIpc) is 2.66. The summed E-state index contributed by atoms with van der Waals surface area (Å²) >= 11 is 11.9. The molecule has 1 aromatic heterocycles. The van der Waals surface area contributed by atoms with Crippen molar-refractivity contribution in [3.05, 3.63) is 63.9 Å². The Bertz CT molecular complexity index is 679. The van der Waals surface area contributed by atoms with E-state index in [4.69, 9.17) is 33.7 Å². The summed E-state index contributed by atoms with van der Waals surface area (Å²) in [6.45, 7) is 2.51. The van der Waals surface area contributed by atoms with Gasteiger partial charge in [-0.15, -0.1) is 0 Å². The lowest BCUT2D eigenvalue weighted by Crippen LogP contribution is -2.46. The van der Waals surface area contributed by atoms with Crippen molar-refractivity contribution in [2.45, 2.75) is 37.8 Å². The van der Waals surface area contributed by atoms with E-state index in [-0.39, 0.29) is 6.54 Å². The van der Waals surface area contributed by atoms with Crippen molar-refractivity contribution in [3.8, 4) is 0 Å². The number of pyridine rings is 1. The van der Waals surface area contributed by atoms with Crippen LogP contribution in [-0.2, 0) is 16.9 Å². The molecule has 0 amide bonds. The van der Waals surface area contributed by atoms with Crippen LogP contribution in [-0.4, -0.2) is 36.4 Å². The molecule has 2 aromatic rings. The summed E-state index contributed by atoms with van der Waals surface area (Å²) in [6, 6.07) is 10.8. The number of halogens is 2. The molecule has 0 radical (unpaired) electrons. The van der Waals surface area contributed by atoms with Crippen molar-refractivity contribution in [3.63, 3.8) is 0 Å². The molecule has 7 heteroatoms. The Morgan fingerprint density at radius 2 is 1.79 bits per heavy atom. The predicted octanol–water partition coefficient (Wildman–Crippen LogP) is 3.90. The Morgan fingerprint density at radius 1 is 1.04 bits per heavy atom. The third-order valence-corrected chi connectivity index (χ3v) is 4.81. The minimum Gasteiger partial charge on any atom is -0.381 e. The van der Waals surface area contributed by atoms with Crippen LogP contribution in [0.3, 0.4) is 0 Å². The highest BCUT2D eigenvalue weighted by Crippen LogP contribution is 2.24. The summed E-state index contributed by atoms with van der Waals surface area (Å²) in [4.78, 5) is 4.27. The zero-order valence-electron chi connectivity index (χ0n) is 16.0. The van der Waals surface area contributed by atoms with Crippen LogP contribution in [0.5, 0.6) is 0 Å². The van der Waals surface area contributed by atoms with Crippen molar-refractivity contribution in [1.29, 1.82) is 0 Å². The topological polar surface area (TPSA) is 80.4 Å². The first kappa shape index (κ1) is 23.1. The fraction of sp³-hybridized carbons (Fsp3) is 0.476. The van der Waals surface area contributed by atoms with Crippen molar-refractivity contribution in [1.82, 2.24) is 10.3 Å². The first-order chi connectivity index (χ1) is 13.5. The lowest BCUT2D eigenvalue weighted by atomic mass is 10.0. The second kappa shape index (κ2) is 12.4. The highest BCUT2D eigenvalue weighted by atomic mass is 35.5. The second-order valence-electron chi connectivity index (χ2n) is 6.86. The molecule has 0 aliphatic rings. The van der Waals surface area contributed by atoms with Crippen LogP contribution in [0.2, 0.25) is 10.0 Å². The van der Waals surface area contributed by atoms with Gasteiger partial charge in [0.2, 0.25) is 0 Å². The SMILES string of the molecule is NC(O)(CNCCCCCCOCCc1ccccn1)c1cc(Cl)cc(Cl)c1. The fourth-order valence-electron chi connectivity index (χ4n) is 2.82. The lowest BCUT2D eigenvalue weighted by Gasteiger charge is -2.24. The Hall–Kier alpha value is -1.21. The standard InChI is InChI=1S/C21H29Cl2N3O2/c22-18-13-17(14-19(23)15-18)21(24,27)16-25-9-4-1-2-6-11-28-12-8-20-7-3-5-10-26-20/h3,5,7,10,13-15,25,27H,1-2,4,6,8-9,11-12,16,24H2. The first-order valence-electron chi connectivity index (χ1n) is 9.63. The molecule has 0 bridgehead atoms. The number of nitrogens with one attached hydrogen (secondary N) is 1. The molecule has 1 heterocycles. The summed E-state index contributed by atoms with van der Waals surface area (Å²) < 4.78 is 5.65. The molecule has 0 aliphatic heterocycles. The molecule has 1 aromatic carbocycles. The van der Waals surface area contributed by atoms with E-state index in [1.807, 2.05) is 18.2 Å². The highest BCUT2D eigenvalue weighted by Gasteiger charge is 2.24. The number of ether oxygens (including phenoxy) is 1. The van der Waals surface area contributed by atoms with E-state index in [2.05, 4.69) is 10.3 Å². The fourth-order valence-corrected chi connectivity index (χ4v) is 3.34. The molecule has 1 unspecified atom stereocenters. The largest absolute Gasteiger partial charge is 0.381 e. The van der Waals surface area contributed by atoms with Gasteiger partial charge >= 0.3 is 0 Å². The Balaban J connectivity index is 1.48. The van der Waals surface area contributed by atoms with Crippen molar-refractivity contribution in [2.75, 3.05) is 26.3 Å². The van der Waals surface area contributed by atoms with Crippen molar-refractivity contribution >= 4 is 23.2 Å². The summed E-state index contributed by atoms with van der Waals surface area (Å²) in [5, 5.41) is 14.5. The minimum atomic E-state index is -1.50. The van der Waals surface area contributed by atoms with E-state index in [0.717, 1.165) is 50.9 Å². The molecule has 1 atom stereocenters. The molecule has 2 rings (SSSR count). The van der Waals surface area contributed by atoms with Gasteiger partial charge in [0.05, 0.1) is 6.61 Å². The monoisotopic (exact) mass is 425 g/mol. The number of benzene rings is 1. The van der Waals surface area contributed by atoms with Crippen LogP contribution in [0, 0.1) is 0 Å².